The lowest BCUT2D eigenvalue weighted by molar-refractivity contribution is -0.384. The molecule has 0 saturated heterocycles. The van der Waals surface area contributed by atoms with E-state index in [1.165, 1.54) is 18.2 Å². The van der Waals surface area contributed by atoms with Crippen molar-refractivity contribution in [1.29, 1.82) is 0 Å². The van der Waals surface area contributed by atoms with Crippen molar-refractivity contribution in [3.8, 4) is 0 Å². The van der Waals surface area contributed by atoms with Crippen molar-refractivity contribution in [2.24, 2.45) is 0 Å². The Kier molecular flexibility index (Phi) is 5.53. The monoisotopic (exact) mass is 416 g/mol. The fourth-order valence-electron chi connectivity index (χ4n) is 3.26. The Morgan fingerprint density at radius 1 is 0.968 bits per heavy atom. The van der Waals surface area contributed by atoms with Gasteiger partial charge in [-0.05, 0) is 23.8 Å². The molecule has 7 nitrogen and oxygen atoms in total. The lowest BCUT2D eigenvalue weighted by Gasteiger charge is -2.13. The summed E-state index contributed by atoms with van der Waals surface area (Å²) in [6.07, 6.45) is 0. The van der Waals surface area contributed by atoms with Crippen molar-refractivity contribution in [2.45, 2.75) is 6.54 Å². The summed E-state index contributed by atoms with van der Waals surface area (Å²) in [5.41, 5.74) is 0.447. The molecule has 0 saturated carbocycles. The largest absolute Gasteiger partial charge is 0.348 e. The summed E-state index contributed by atoms with van der Waals surface area (Å²) >= 11 is 0. The van der Waals surface area contributed by atoms with Crippen LogP contribution >= 0.6 is 0 Å². The second-order valence-corrected chi connectivity index (χ2v) is 6.74. The van der Waals surface area contributed by atoms with Gasteiger partial charge in [-0.1, -0.05) is 60.7 Å². The molecule has 0 spiro atoms. The predicted octanol–water partition coefficient (Wildman–Crippen LogP) is 4.96. The maximum Gasteiger partial charge on any atom is 0.325 e. The van der Waals surface area contributed by atoms with Crippen LogP contribution in [0.3, 0.4) is 0 Å². The van der Waals surface area contributed by atoms with E-state index in [4.69, 9.17) is 0 Å². The van der Waals surface area contributed by atoms with Gasteiger partial charge >= 0.3 is 5.69 Å². The number of pyridine rings is 1. The standard InChI is InChI=1S/C23H17FN4O3/c24-18-13-7-12-17-19(23(29)25-14-15-8-3-1-4-9-15)21(28(30)31)22(27-20(17)18)26-16-10-5-2-6-11-16/h1-13H,14H2,(H,25,29)(H,26,27). The molecule has 0 aliphatic heterocycles. The highest BCUT2D eigenvalue weighted by Gasteiger charge is 2.30. The predicted molar refractivity (Wildman–Crippen MR) is 116 cm³/mol. The number of para-hydroxylation sites is 2. The highest BCUT2D eigenvalue weighted by Crippen LogP contribution is 2.35. The lowest BCUT2D eigenvalue weighted by atomic mass is 10.0. The third kappa shape index (κ3) is 4.18. The number of benzene rings is 3. The average molecular weight is 416 g/mol. The third-order valence-corrected chi connectivity index (χ3v) is 4.68. The van der Waals surface area contributed by atoms with Gasteiger partial charge in [-0.3, -0.25) is 14.9 Å². The zero-order chi connectivity index (χ0) is 21.8. The summed E-state index contributed by atoms with van der Waals surface area (Å²) in [5, 5.41) is 17.6. The summed E-state index contributed by atoms with van der Waals surface area (Å²) < 4.78 is 14.5. The lowest BCUT2D eigenvalue weighted by Crippen LogP contribution is -2.24. The van der Waals surface area contributed by atoms with Crippen molar-refractivity contribution in [3.05, 3.63) is 106 Å². The quantitative estimate of drug-likeness (QED) is 0.342. The molecule has 1 aromatic heterocycles. The number of carbonyl (C=O) groups is 1. The summed E-state index contributed by atoms with van der Waals surface area (Å²) in [4.78, 5) is 28.5. The number of carbonyl (C=O) groups excluding carboxylic acids is 1. The van der Waals surface area contributed by atoms with Gasteiger partial charge in [-0.25, -0.2) is 9.37 Å². The van der Waals surface area contributed by atoms with Crippen molar-refractivity contribution in [1.82, 2.24) is 10.3 Å². The number of nitrogens with zero attached hydrogens (tertiary/aromatic N) is 2. The Labute approximate surface area is 176 Å². The number of anilines is 2. The topological polar surface area (TPSA) is 97.2 Å². The molecule has 0 radical (unpaired) electrons. The van der Waals surface area contributed by atoms with Crippen molar-refractivity contribution < 1.29 is 14.1 Å². The zero-order valence-corrected chi connectivity index (χ0v) is 16.2. The van der Waals surface area contributed by atoms with Crippen LogP contribution in [0.4, 0.5) is 21.6 Å². The maximum atomic E-state index is 14.5. The maximum absolute atomic E-state index is 14.5. The van der Waals surface area contributed by atoms with Gasteiger partial charge in [0.1, 0.15) is 16.9 Å². The minimum atomic E-state index is -0.690. The van der Waals surface area contributed by atoms with Crippen LogP contribution in [0.1, 0.15) is 15.9 Å². The van der Waals surface area contributed by atoms with E-state index in [1.807, 2.05) is 30.3 Å². The first kappa shape index (κ1) is 20.0. The molecule has 154 valence electrons. The van der Waals surface area contributed by atoms with Crippen molar-refractivity contribution >= 4 is 34.0 Å². The van der Waals surface area contributed by atoms with Gasteiger partial charge in [-0.2, -0.15) is 0 Å². The van der Waals surface area contributed by atoms with Gasteiger partial charge in [0, 0.05) is 17.6 Å². The van der Waals surface area contributed by atoms with Gasteiger partial charge in [0.25, 0.3) is 5.91 Å². The van der Waals surface area contributed by atoms with Crippen LogP contribution < -0.4 is 10.6 Å². The molecule has 31 heavy (non-hydrogen) atoms. The molecule has 0 atom stereocenters. The number of hydrogen-bond acceptors (Lipinski definition) is 5. The third-order valence-electron chi connectivity index (χ3n) is 4.68. The Balaban J connectivity index is 1.85. The summed E-state index contributed by atoms with van der Waals surface area (Å²) in [5.74, 6) is -1.58. The van der Waals surface area contributed by atoms with E-state index >= 15 is 0 Å². The van der Waals surface area contributed by atoms with Crippen molar-refractivity contribution in [3.63, 3.8) is 0 Å². The Morgan fingerprint density at radius 2 is 1.65 bits per heavy atom. The molecule has 1 heterocycles. The molecule has 0 aliphatic rings. The van der Waals surface area contributed by atoms with Gasteiger partial charge in [0.05, 0.1) is 4.92 Å². The van der Waals surface area contributed by atoms with Crippen LogP contribution in [0.5, 0.6) is 0 Å². The highest BCUT2D eigenvalue weighted by molar-refractivity contribution is 6.11. The SMILES string of the molecule is O=C(NCc1ccccc1)c1c([N+](=O)[O-])c(Nc2ccccc2)nc2c(F)cccc12. The molecule has 8 heteroatoms. The van der Waals surface area contributed by atoms with E-state index in [0.29, 0.717) is 5.69 Å². The van der Waals surface area contributed by atoms with E-state index < -0.39 is 22.3 Å². The number of aromatic nitrogens is 1. The second kappa shape index (κ2) is 8.58. The molecule has 4 rings (SSSR count). The number of halogens is 1. The second-order valence-electron chi connectivity index (χ2n) is 6.74. The Hall–Kier alpha value is -4.33. The van der Waals surface area contributed by atoms with E-state index in [0.717, 1.165) is 5.56 Å². The molecule has 4 aromatic rings. The normalized spacial score (nSPS) is 10.6. The van der Waals surface area contributed by atoms with E-state index in [2.05, 4.69) is 15.6 Å². The minimum Gasteiger partial charge on any atom is -0.348 e. The first-order chi connectivity index (χ1) is 15.0. The molecule has 0 unspecified atom stereocenters. The molecule has 3 aromatic carbocycles. The average Bonchev–Trinajstić information content (AvgIpc) is 2.78. The van der Waals surface area contributed by atoms with Crippen LogP contribution in [-0.4, -0.2) is 15.8 Å². The zero-order valence-electron chi connectivity index (χ0n) is 16.2. The first-order valence-electron chi connectivity index (χ1n) is 9.45. The Morgan fingerprint density at radius 3 is 2.32 bits per heavy atom. The molecular formula is C23H17FN4O3. The molecular weight excluding hydrogens is 399 g/mol. The fourth-order valence-corrected chi connectivity index (χ4v) is 3.26. The number of nitro groups is 1. The molecule has 0 aliphatic carbocycles. The summed E-state index contributed by atoms with van der Waals surface area (Å²) in [6, 6.07) is 21.8. The van der Waals surface area contributed by atoms with Crippen LogP contribution in [0.2, 0.25) is 0 Å². The fraction of sp³-hybridized carbons (Fsp3) is 0.0435. The van der Waals surface area contributed by atoms with E-state index in [9.17, 15) is 19.3 Å². The summed E-state index contributed by atoms with van der Waals surface area (Å²) in [6.45, 7) is 0.164. The van der Waals surface area contributed by atoms with Crippen LogP contribution in [0.15, 0.2) is 78.9 Å². The van der Waals surface area contributed by atoms with Crippen LogP contribution in [0, 0.1) is 15.9 Å². The Bertz CT molecular complexity index is 1260. The number of hydrogen-bond donors (Lipinski definition) is 2. The van der Waals surface area contributed by atoms with Crippen molar-refractivity contribution in [2.75, 3.05) is 5.32 Å². The first-order valence-corrected chi connectivity index (χ1v) is 9.45. The van der Waals surface area contributed by atoms with Gasteiger partial charge in [0.15, 0.2) is 0 Å². The minimum absolute atomic E-state index is 0.0656. The smallest absolute Gasteiger partial charge is 0.325 e. The number of nitrogens with one attached hydrogen (secondary N) is 2. The highest BCUT2D eigenvalue weighted by atomic mass is 19.1. The number of fused-ring (bicyclic) bond motifs is 1. The van der Waals surface area contributed by atoms with E-state index in [1.54, 1.807) is 30.3 Å². The molecule has 1 amide bonds. The van der Waals surface area contributed by atoms with Crippen LogP contribution in [-0.2, 0) is 6.54 Å². The molecule has 0 bridgehead atoms. The molecule has 2 N–H and O–H groups in total. The molecule has 0 fully saturated rings. The van der Waals surface area contributed by atoms with Crippen LogP contribution in [0.25, 0.3) is 10.9 Å². The van der Waals surface area contributed by atoms with Gasteiger partial charge in [0.2, 0.25) is 5.82 Å². The number of amides is 1. The number of rotatable bonds is 6. The summed E-state index contributed by atoms with van der Waals surface area (Å²) in [7, 11) is 0. The van der Waals surface area contributed by atoms with Gasteiger partial charge in [-0.15, -0.1) is 0 Å². The van der Waals surface area contributed by atoms with Gasteiger partial charge < -0.3 is 10.6 Å². The van der Waals surface area contributed by atoms with E-state index in [-0.39, 0.29) is 28.8 Å².